The number of carbonyl (C=O) groups excluding carboxylic acids is 1. The van der Waals surface area contributed by atoms with E-state index in [1.54, 1.807) is 13.0 Å². The van der Waals surface area contributed by atoms with E-state index in [0.29, 0.717) is 22.4 Å². The van der Waals surface area contributed by atoms with Crippen LogP contribution in [0.1, 0.15) is 13.3 Å². The summed E-state index contributed by atoms with van der Waals surface area (Å²) in [6, 6.07) is 14.6. The minimum Gasteiger partial charge on any atom is -0.351 e. The van der Waals surface area contributed by atoms with Gasteiger partial charge in [-0.25, -0.2) is 18.4 Å². The molecule has 0 unspecified atom stereocenters. The normalized spacial score (nSPS) is 18.6. The second-order valence-corrected chi connectivity index (χ2v) is 11.3. The van der Waals surface area contributed by atoms with E-state index in [0.717, 1.165) is 16.6 Å². The molecule has 1 aliphatic rings. The summed E-state index contributed by atoms with van der Waals surface area (Å²) >= 11 is 7.51. The molecule has 31 heavy (non-hydrogen) atoms. The molecule has 2 atom stereocenters. The Kier molecular flexibility index (Phi) is 6.36. The van der Waals surface area contributed by atoms with Gasteiger partial charge >= 0.3 is 0 Å². The van der Waals surface area contributed by atoms with Gasteiger partial charge in [-0.05, 0) is 37.6 Å². The second kappa shape index (κ2) is 9.02. The van der Waals surface area contributed by atoms with Crippen LogP contribution in [0.2, 0.25) is 5.02 Å². The van der Waals surface area contributed by atoms with Crippen molar-refractivity contribution >= 4 is 61.5 Å². The number of carbonyl (C=O) groups is 1. The Morgan fingerprint density at radius 2 is 1.90 bits per heavy atom. The highest BCUT2D eigenvalue weighted by molar-refractivity contribution is 8.00. The molecule has 1 aliphatic heterocycles. The molecule has 3 aromatic rings. The van der Waals surface area contributed by atoms with E-state index < -0.39 is 15.1 Å². The number of rotatable bonds is 6. The van der Waals surface area contributed by atoms with Crippen molar-refractivity contribution in [1.29, 1.82) is 0 Å². The molecular weight excluding hydrogens is 456 g/mol. The van der Waals surface area contributed by atoms with Gasteiger partial charge in [-0.2, -0.15) is 0 Å². The number of hydrogen-bond acceptors (Lipinski definition) is 7. The van der Waals surface area contributed by atoms with Crippen molar-refractivity contribution in [2.75, 3.05) is 16.8 Å². The maximum absolute atomic E-state index is 12.6. The van der Waals surface area contributed by atoms with Gasteiger partial charge in [0.25, 0.3) is 0 Å². The smallest absolute Gasteiger partial charge is 0.233 e. The van der Waals surface area contributed by atoms with Gasteiger partial charge in [-0.15, -0.1) is 0 Å². The monoisotopic (exact) mass is 476 g/mol. The van der Waals surface area contributed by atoms with Gasteiger partial charge in [-0.3, -0.25) is 4.79 Å². The molecule has 7 nitrogen and oxygen atoms in total. The van der Waals surface area contributed by atoms with Crippen molar-refractivity contribution in [2.45, 2.75) is 29.8 Å². The van der Waals surface area contributed by atoms with E-state index in [4.69, 9.17) is 11.6 Å². The van der Waals surface area contributed by atoms with E-state index >= 15 is 0 Å². The minimum absolute atomic E-state index is 0.00545. The summed E-state index contributed by atoms with van der Waals surface area (Å²) in [4.78, 5) is 21.8. The van der Waals surface area contributed by atoms with Crippen LogP contribution in [0, 0.1) is 0 Å². The van der Waals surface area contributed by atoms with Gasteiger partial charge < -0.3 is 10.6 Å². The topological polar surface area (TPSA) is 101 Å². The number of halogens is 1. The molecule has 2 heterocycles. The highest BCUT2D eigenvalue weighted by Crippen LogP contribution is 2.31. The lowest BCUT2D eigenvalue weighted by Gasteiger charge is -2.16. The summed E-state index contributed by atoms with van der Waals surface area (Å²) in [5, 5.41) is 7.44. The Morgan fingerprint density at radius 1 is 1.16 bits per heavy atom. The predicted octanol–water partition coefficient (Wildman–Crippen LogP) is 3.81. The van der Waals surface area contributed by atoms with Crippen LogP contribution in [0.25, 0.3) is 10.9 Å². The molecular formula is C21H21ClN4O3S2. The maximum atomic E-state index is 12.6. The van der Waals surface area contributed by atoms with Gasteiger partial charge in [-0.1, -0.05) is 47.6 Å². The fourth-order valence-electron chi connectivity index (χ4n) is 3.33. The number of sulfone groups is 1. The molecule has 1 amide bonds. The molecule has 0 aliphatic carbocycles. The van der Waals surface area contributed by atoms with Crippen LogP contribution >= 0.6 is 23.4 Å². The van der Waals surface area contributed by atoms with Gasteiger partial charge in [0.15, 0.2) is 15.0 Å². The summed E-state index contributed by atoms with van der Waals surface area (Å²) < 4.78 is 23.3. The number of amides is 1. The first-order chi connectivity index (χ1) is 14.8. The quantitative estimate of drug-likeness (QED) is 0.412. The van der Waals surface area contributed by atoms with Crippen LogP contribution < -0.4 is 10.6 Å². The molecule has 0 radical (unpaired) electrons. The Labute approximate surface area is 189 Å². The molecule has 0 bridgehead atoms. The second-order valence-electron chi connectivity index (χ2n) is 7.35. The highest BCUT2D eigenvalue weighted by atomic mass is 35.5. The molecule has 1 aromatic heterocycles. The lowest BCUT2D eigenvalue weighted by molar-refractivity contribution is -0.120. The minimum atomic E-state index is -3.05. The molecule has 0 saturated carbocycles. The van der Waals surface area contributed by atoms with Crippen molar-refractivity contribution in [3.8, 4) is 0 Å². The van der Waals surface area contributed by atoms with E-state index in [2.05, 4.69) is 20.6 Å². The molecule has 1 fully saturated rings. The van der Waals surface area contributed by atoms with Crippen LogP contribution in [-0.2, 0) is 14.6 Å². The number of para-hydroxylation sites is 2. The third-order valence-electron chi connectivity index (χ3n) is 4.94. The first-order valence-corrected chi connectivity index (χ1v) is 12.8. The molecule has 0 spiro atoms. The molecule has 4 rings (SSSR count). The summed E-state index contributed by atoms with van der Waals surface area (Å²) in [5.74, 6) is 0.471. The lowest BCUT2D eigenvalue weighted by atomic mass is 10.2. The first-order valence-electron chi connectivity index (χ1n) is 9.76. The zero-order valence-corrected chi connectivity index (χ0v) is 19.1. The van der Waals surface area contributed by atoms with Gasteiger partial charge in [0, 0.05) is 11.4 Å². The van der Waals surface area contributed by atoms with Crippen molar-refractivity contribution in [3.63, 3.8) is 0 Å². The number of aromatic nitrogens is 2. The van der Waals surface area contributed by atoms with Crippen molar-refractivity contribution in [2.24, 2.45) is 0 Å². The van der Waals surface area contributed by atoms with Gasteiger partial charge in [0.05, 0.1) is 33.0 Å². The predicted molar refractivity (Wildman–Crippen MR) is 125 cm³/mol. The van der Waals surface area contributed by atoms with Crippen molar-refractivity contribution in [3.05, 3.63) is 53.6 Å². The van der Waals surface area contributed by atoms with E-state index in [1.807, 2.05) is 42.5 Å². The molecule has 1 saturated heterocycles. The fraction of sp³-hybridized carbons (Fsp3) is 0.286. The Balaban J connectivity index is 1.55. The van der Waals surface area contributed by atoms with E-state index in [-0.39, 0.29) is 23.5 Å². The first kappa shape index (κ1) is 21.9. The Morgan fingerprint density at radius 3 is 2.65 bits per heavy atom. The number of hydrogen-bond donors (Lipinski definition) is 2. The molecule has 2 aromatic carbocycles. The van der Waals surface area contributed by atoms with Crippen molar-refractivity contribution in [1.82, 2.24) is 15.3 Å². The van der Waals surface area contributed by atoms with Crippen LogP contribution in [0.3, 0.4) is 0 Å². The van der Waals surface area contributed by atoms with Crippen LogP contribution in [0.4, 0.5) is 11.5 Å². The van der Waals surface area contributed by atoms with Crippen LogP contribution in [-0.4, -0.2) is 47.1 Å². The van der Waals surface area contributed by atoms with Crippen LogP contribution in [0.15, 0.2) is 53.7 Å². The van der Waals surface area contributed by atoms with Crippen LogP contribution in [0.5, 0.6) is 0 Å². The average molecular weight is 477 g/mol. The fourth-order valence-corrected chi connectivity index (χ4v) is 5.98. The van der Waals surface area contributed by atoms with E-state index in [1.165, 1.54) is 11.8 Å². The summed E-state index contributed by atoms with van der Waals surface area (Å²) in [6.45, 7) is 1.75. The average Bonchev–Trinajstić information content (AvgIpc) is 3.07. The third kappa shape index (κ3) is 5.28. The standard InChI is InChI=1S/C21H21ClN4O3S2/c1-13(20(27)23-14-10-11-31(28,29)12-14)30-21-25-17-8-4-2-6-15(17)19(26-21)24-18-9-5-3-7-16(18)22/h2-9,13-14H,10-12H2,1H3,(H,23,27)(H,24,25,26)/t13-,14-/m1/s1. The number of thioether (sulfide) groups is 1. The molecule has 10 heteroatoms. The van der Waals surface area contributed by atoms with E-state index in [9.17, 15) is 13.2 Å². The number of fused-ring (bicyclic) bond motifs is 1. The van der Waals surface area contributed by atoms with Gasteiger partial charge in [0.1, 0.15) is 5.82 Å². The molecule has 162 valence electrons. The molecule has 2 N–H and O–H groups in total. The van der Waals surface area contributed by atoms with Gasteiger partial charge in [0.2, 0.25) is 5.91 Å². The summed E-state index contributed by atoms with van der Waals surface area (Å²) in [7, 11) is -3.05. The largest absolute Gasteiger partial charge is 0.351 e. The highest BCUT2D eigenvalue weighted by Gasteiger charge is 2.30. The summed E-state index contributed by atoms with van der Waals surface area (Å²) in [5.41, 5.74) is 1.46. The maximum Gasteiger partial charge on any atom is 0.233 e. The third-order valence-corrected chi connectivity index (χ3v) is 8.00. The Bertz CT molecular complexity index is 1240. The number of anilines is 2. The Hall–Kier alpha value is -2.36. The zero-order valence-electron chi connectivity index (χ0n) is 16.7. The lowest BCUT2D eigenvalue weighted by Crippen LogP contribution is -2.40. The zero-order chi connectivity index (χ0) is 22.0. The number of benzene rings is 2. The number of nitrogens with zero attached hydrogens (tertiary/aromatic N) is 2. The van der Waals surface area contributed by atoms with Crippen molar-refractivity contribution < 1.29 is 13.2 Å². The SMILES string of the molecule is C[C@@H](Sc1nc(Nc2ccccc2Cl)c2ccccc2n1)C(=O)N[C@@H]1CCS(=O)(=O)C1. The summed E-state index contributed by atoms with van der Waals surface area (Å²) in [6.07, 6.45) is 0.448. The number of nitrogens with one attached hydrogen (secondary N) is 2.